The normalized spacial score (nSPS) is 17.2. The van der Waals surface area contributed by atoms with E-state index in [2.05, 4.69) is 10.6 Å². The highest BCUT2D eigenvalue weighted by molar-refractivity contribution is 7.89. The fraction of sp³-hybridized carbons (Fsp3) is 0.385. The standard InChI is InChI=1S/C13H20N6O3S/c14-12(15)18-13(16)17-11(10-4-2-1-3-5-10)23(20,21)19-6-8-22-9-7-19/h1-5,11H,6-9H2,(H6,14,15,16,17,18). The number of benzene rings is 1. The van der Waals surface area contributed by atoms with Gasteiger partial charge in [-0.05, 0) is 5.56 Å². The Morgan fingerprint density at radius 3 is 2.39 bits per heavy atom. The van der Waals surface area contributed by atoms with Crippen molar-refractivity contribution in [3.05, 3.63) is 35.9 Å². The van der Waals surface area contributed by atoms with Gasteiger partial charge in [-0.1, -0.05) is 30.3 Å². The third kappa shape index (κ3) is 4.41. The van der Waals surface area contributed by atoms with Crippen LogP contribution in [0.2, 0.25) is 0 Å². The summed E-state index contributed by atoms with van der Waals surface area (Å²) in [5.74, 6) is -0.804. The third-order valence-electron chi connectivity index (χ3n) is 3.27. The van der Waals surface area contributed by atoms with Crippen LogP contribution in [0.4, 0.5) is 0 Å². The molecule has 0 bridgehead atoms. The van der Waals surface area contributed by atoms with E-state index in [1.54, 1.807) is 30.3 Å². The zero-order valence-corrected chi connectivity index (χ0v) is 13.3. The van der Waals surface area contributed by atoms with E-state index < -0.39 is 21.4 Å². The van der Waals surface area contributed by atoms with Gasteiger partial charge in [-0.2, -0.15) is 4.31 Å². The zero-order valence-electron chi connectivity index (χ0n) is 12.5. The molecule has 10 heteroatoms. The van der Waals surface area contributed by atoms with Crippen LogP contribution in [0, 0.1) is 10.8 Å². The largest absolute Gasteiger partial charge is 0.379 e. The van der Waals surface area contributed by atoms with Crippen molar-refractivity contribution in [2.45, 2.75) is 5.37 Å². The van der Waals surface area contributed by atoms with E-state index in [1.807, 2.05) is 0 Å². The first-order chi connectivity index (χ1) is 10.9. The number of nitrogens with zero attached hydrogens (tertiary/aromatic N) is 1. The molecule has 1 aliphatic heterocycles. The SMILES string of the molecule is N=C(N)NC(=N)NC(c1ccccc1)S(=O)(=O)N1CCOCC1. The molecule has 6 N–H and O–H groups in total. The van der Waals surface area contributed by atoms with Crippen LogP contribution in [0.3, 0.4) is 0 Å². The number of nitrogens with two attached hydrogens (primary N) is 1. The molecular formula is C13H20N6O3S. The Balaban J connectivity index is 2.29. The van der Waals surface area contributed by atoms with Gasteiger partial charge in [0, 0.05) is 13.1 Å². The molecule has 0 amide bonds. The van der Waals surface area contributed by atoms with Gasteiger partial charge in [0.2, 0.25) is 10.0 Å². The lowest BCUT2D eigenvalue weighted by Gasteiger charge is -2.31. The van der Waals surface area contributed by atoms with Crippen molar-refractivity contribution in [1.29, 1.82) is 10.8 Å². The molecule has 2 rings (SSSR count). The number of nitrogens with one attached hydrogen (secondary N) is 4. The molecule has 1 unspecified atom stereocenters. The number of ether oxygens (including phenoxy) is 1. The lowest BCUT2D eigenvalue weighted by molar-refractivity contribution is 0.0725. The Labute approximate surface area is 134 Å². The van der Waals surface area contributed by atoms with Gasteiger partial charge < -0.3 is 15.8 Å². The molecule has 1 aliphatic rings. The molecule has 1 aromatic carbocycles. The summed E-state index contributed by atoms with van der Waals surface area (Å²) in [5, 5.41) is 18.6. The summed E-state index contributed by atoms with van der Waals surface area (Å²) in [6.07, 6.45) is 0. The van der Waals surface area contributed by atoms with E-state index in [-0.39, 0.29) is 19.0 Å². The monoisotopic (exact) mass is 340 g/mol. The summed E-state index contributed by atoms with van der Waals surface area (Å²) in [6, 6.07) is 8.55. The lowest BCUT2D eigenvalue weighted by Crippen LogP contribution is -2.50. The third-order valence-corrected chi connectivity index (χ3v) is 5.34. The quantitative estimate of drug-likeness (QED) is 0.364. The minimum atomic E-state index is -3.76. The number of hydrogen-bond acceptors (Lipinski definition) is 5. The molecule has 0 aromatic heterocycles. The van der Waals surface area contributed by atoms with E-state index in [0.29, 0.717) is 18.8 Å². The number of guanidine groups is 2. The van der Waals surface area contributed by atoms with Crippen LogP contribution in [0.15, 0.2) is 30.3 Å². The first-order valence-corrected chi connectivity index (χ1v) is 8.49. The Hall–Kier alpha value is -2.17. The second kappa shape index (κ2) is 7.40. The predicted octanol–water partition coefficient (Wildman–Crippen LogP) is -0.645. The number of rotatable bonds is 4. The topological polar surface area (TPSA) is 144 Å². The van der Waals surface area contributed by atoms with Crippen molar-refractivity contribution in [3.8, 4) is 0 Å². The van der Waals surface area contributed by atoms with E-state index in [0.717, 1.165) is 0 Å². The molecule has 0 spiro atoms. The molecular weight excluding hydrogens is 320 g/mol. The van der Waals surface area contributed by atoms with E-state index in [1.165, 1.54) is 4.31 Å². The van der Waals surface area contributed by atoms with E-state index >= 15 is 0 Å². The Morgan fingerprint density at radius 1 is 1.22 bits per heavy atom. The number of hydrogen-bond donors (Lipinski definition) is 5. The highest BCUT2D eigenvalue weighted by Gasteiger charge is 2.34. The number of morpholine rings is 1. The van der Waals surface area contributed by atoms with Crippen molar-refractivity contribution >= 4 is 21.9 Å². The Bertz CT molecular complexity index is 658. The van der Waals surface area contributed by atoms with Gasteiger partial charge in [0.1, 0.15) is 0 Å². The second-order valence-electron chi connectivity index (χ2n) is 4.91. The second-order valence-corrected chi connectivity index (χ2v) is 6.92. The van der Waals surface area contributed by atoms with Crippen molar-refractivity contribution < 1.29 is 13.2 Å². The molecule has 1 saturated heterocycles. The van der Waals surface area contributed by atoms with Gasteiger partial charge >= 0.3 is 0 Å². The van der Waals surface area contributed by atoms with Crippen LogP contribution >= 0.6 is 0 Å². The highest BCUT2D eigenvalue weighted by atomic mass is 32.2. The van der Waals surface area contributed by atoms with Crippen molar-refractivity contribution in [3.63, 3.8) is 0 Å². The Morgan fingerprint density at radius 2 is 1.83 bits per heavy atom. The number of sulfonamides is 1. The summed E-state index contributed by atoms with van der Waals surface area (Å²) in [4.78, 5) is 0. The van der Waals surface area contributed by atoms with E-state index in [4.69, 9.17) is 21.3 Å². The van der Waals surface area contributed by atoms with Gasteiger partial charge in [0.15, 0.2) is 17.3 Å². The summed E-state index contributed by atoms with van der Waals surface area (Å²) in [5.41, 5.74) is 5.67. The smallest absolute Gasteiger partial charge is 0.239 e. The molecule has 23 heavy (non-hydrogen) atoms. The summed E-state index contributed by atoms with van der Waals surface area (Å²) >= 11 is 0. The van der Waals surface area contributed by atoms with Crippen LogP contribution in [0.25, 0.3) is 0 Å². The minimum absolute atomic E-state index is 0.265. The molecule has 1 heterocycles. The van der Waals surface area contributed by atoms with Crippen LogP contribution in [-0.2, 0) is 14.8 Å². The molecule has 126 valence electrons. The zero-order chi connectivity index (χ0) is 16.9. The van der Waals surface area contributed by atoms with Gasteiger partial charge in [-0.25, -0.2) is 8.42 Å². The summed E-state index contributed by atoms with van der Waals surface area (Å²) < 4.78 is 32.3. The van der Waals surface area contributed by atoms with Crippen molar-refractivity contribution in [1.82, 2.24) is 14.9 Å². The lowest BCUT2D eigenvalue weighted by atomic mass is 10.2. The van der Waals surface area contributed by atoms with E-state index in [9.17, 15) is 8.42 Å². The molecule has 9 nitrogen and oxygen atoms in total. The van der Waals surface area contributed by atoms with Crippen molar-refractivity contribution in [2.24, 2.45) is 5.73 Å². The van der Waals surface area contributed by atoms with Crippen molar-refractivity contribution in [2.75, 3.05) is 26.3 Å². The first-order valence-electron chi connectivity index (χ1n) is 6.99. The maximum absolute atomic E-state index is 12.9. The maximum atomic E-state index is 12.9. The predicted molar refractivity (Wildman–Crippen MR) is 86.4 cm³/mol. The van der Waals surface area contributed by atoms with Gasteiger partial charge in [-0.15, -0.1) is 0 Å². The van der Waals surface area contributed by atoms with Gasteiger partial charge in [0.25, 0.3) is 0 Å². The maximum Gasteiger partial charge on any atom is 0.239 e. The molecule has 1 fully saturated rings. The fourth-order valence-corrected chi connectivity index (χ4v) is 3.93. The molecule has 0 aliphatic carbocycles. The fourth-order valence-electron chi connectivity index (χ4n) is 2.21. The van der Waals surface area contributed by atoms with Gasteiger partial charge in [0.05, 0.1) is 13.2 Å². The molecule has 1 aromatic rings. The van der Waals surface area contributed by atoms with Crippen LogP contribution in [0.1, 0.15) is 10.9 Å². The molecule has 0 saturated carbocycles. The summed E-state index contributed by atoms with van der Waals surface area (Å²) in [6.45, 7) is 1.20. The van der Waals surface area contributed by atoms with Crippen LogP contribution in [-0.4, -0.2) is 50.9 Å². The molecule has 1 atom stereocenters. The van der Waals surface area contributed by atoms with Crippen LogP contribution in [0.5, 0.6) is 0 Å². The molecule has 0 radical (unpaired) electrons. The Kier molecular flexibility index (Phi) is 5.53. The summed E-state index contributed by atoms with van der Waals surface area (Å²) in [7, 11) is -3.76. The highest BCUT2D eigenvalue weighted by Crippen LogP contribution is 2.23. The average molecular weight is 340 g/mol. The van der Waals surface area contributed by atoms with Gasteiger partial charge in [-0.3, -0.25) is 16.1 Å². The average Bonchev–Trinajstić information content (AvgIpc) is 2.53. The minimum Gasteiger partial charge on any atom is -0.379 e. The first kappa shape index (κ1) is 17.2. The van der Waals surface area contributed by atoms with Crippen LogP contribution < -0.4 is 16.4 Å².